The van der Waals surface area contributed by atoms with Crippen molar-refractivity contribution in [3.05, 3.63) is 75.4 Å². The molecule has 0 spiro atoms. The Bertz CT molecular complexity index is 920. The summed E-state index contributed by atoms with van der Waals surface area (Å²) in [5.74, 6) is -1.33. The molecule has 0 aliphatic carbocycles. The average molecular weight is 372 g/mol. The summed E-state index contributed by atoms with van der Waals surface area (Å²) in [6.45, 7) is 5.71. The van der Waals surface area contributed by atoms with Gasteiger partial charge in [-0.15, -0.1) is 0 Å². The van der Waals surface area contributed by atoms with Crippen molar-refractivity contribution in [2.75, 3.05) is 5.32 Å². The van der Waals surface area contributed by atoms with Crippen molar-refractivity contribution in [1.29, 1.82) is 0 Å². The lowest BCUT2D eigenvalue weighted by Crippen LogP contribution is -2.24. The third-order valence-electron chi connectivity index (χ3n) is 4.10. The third kappa shape index (κ3) is 3.58. The molecule has 134 valence electrons. The van der Waals surface area contributed by atoms with Crippen LogP contribution in [0.4, 0.5) is 5.69 Å². The van der Waals surface area contributed by atoms with E-state index in [-0.39, 0.29) is 10.7 Å². The zero-order chi connectivity index (χ0) is 18.8. The number of carbonyl (C=O) groups excluding carboxylic acids is 2. The largest absolute Gasteiger partial charge is 0.415 e. The van der Waals surface area contributed by atoms with Gasteiger partial charge in [-0.25, -0.2) is 9.59 Å². The van der Waals surface area contributed by atoms with E-state index in [0.29, 0.717) is 5.56 Å². The van der Waals surface area contributed by atoms with Crippen LogP contribution in [0.5, 0.6) is 0 Å². The molecular weight excluding hydrogens is 354 g/mol. The molecule has 1 heterocycles. The molecule has 1 aliphatic heterocycles. The van der Waals surface area contributed by atoms with E-state index in [2.05, 4.69) is 5.32 Å². The van der Waals surface area contributed by atoms with Crippen molar-refractivity contribution in [2.45, 2.75) is 27.1 Å². The van der Waals surface area contributed by atoms with Gasteiger partial charge in [0.2, 0.25) is 0 Å². The fourth-order valence-electron chi connectivity index (χ4n) is 2.68. The van der Waals surface area contributed by atoms with E-state index >= 15 is 0 Å². The van der Waals surface area contributed by atoms with Gasteiger partial charge in [-0.2, -0.15) is 0 Å². The fraction of sp³-hybridized carbons (Fsp3) is 0.200. The Hall–Kier alpha value is -2.79. The highest BCUT2D eigenvalue weighted by Crippen LogP contribution is 2.30. The quantitative estimate of drug-likeness (QED) is 0.815. The summed E-state index contributed by atoms with van der Waals surface area (Å²) in [6.07, 6.45) is -1.22. The minimum Gasteiger partial charge on any atom is -0.415 e. The Kier molecular flexibility index (Phi) is 5.00. The van der Waals surface area contributed by atoms with Gasteiger partial charge in [-0.05, 0) is 44.0 Å². The van der Waals surface area contributed by atoms with E-state index in [1.54, 1.807) is 25.1 Å². The van der Waals surface area contributed by atoms with Gasteiger partial charge in [-0.1, -0.05) is 47.5 Å². The first-order chi connectivity index (χ1) is 12.4. The van der Waals surface area contributed by atoms with Gasteiger partial charge < -0.3 is 14.8 Å². The second-order valence-corrected chi connectivity index (χ2v) is 6.51. The van der Waals surface area contributed by atoms with E-state index in [9.17, 15) is 9.59 Å². The Morgan fingerprint density at radius 2 is 1.85 bits per heavy atom. The number of hydrogen-bond donors (Lipinski definition) is 1. The highest BCUT2D eigenvalue weighted by molar-refractivity contribution is 6.42. The van der Waals surface area contributed by atoms with Crippen LogP contribution in [0.25, 0.3) is 0 Å². The molecule has 1 N–H and O–H groups in total. The SMILES string of the molecule is Cc1ccc(NC2=C(Cl)C(=O)O[C@H]2OC(=O)c2ccccc2C)c(C)c1. The monoisotopic (exact) mass is 371 g/mol. The topological polar surface area (TPSA) is 64.6 Å². The number of cyclic esters (lactones) is 1. The first-order valence-corrected chi connectivity index (χ1v) is 8.46. The molecule has 1 atom stereocenters. The maximum absolute atomic E-state index is 12.4. The molecule has 1 aliphatic rings. The fourth-order valence-corrected chi connectivity index (χ4v) is 2.86. The molecule has 2 aromatic rings. The number of hydrogen-bond acceptors (Lipinski definition) is 5. The molecule has 0 aromatic heterocycles. The Labute approximate surface area is 156 Å². The molecule has 0 saturated heterocycles. The van der Waals surface area contributed by atoms with Gasteiger partial charge in [0.25, 0.3) is 6.29 Å². The molecule has 3 rings (SSSR count). The smallest absolute Gasteiger partial charge is 0.355 e. The number of anilines is 1. The lowest BCUT2D eigenvalue weighted by molar-refractivity contribution is -0.152. The second-order valence-electron chi connectivity index (χ2n) is 6.13. The van der Waals surface area contributed by atoms with E-state index in [4.69, 9.17) is 21.1 Å². The van der Waals surface area contributed by atoms with Crippen LogP contribution in [0, 0.1) is 20.8 Å². The number of ether oxygens (including phenoxy) is 2. The van der Waals surface area contributed by atoms with Crippen LogP contribution >= 0.6 is 11.6 Å². The number of rotatable bonds is 4. The number of benzene rings is 2. The second kappa shape index (κ2) is 7.22. The van der Waals surface area contributed by atoms with Crippen LogP contribution in [-0.2, 0) is 14.3 Å². The van der Waals surface area contributed by atoms with Gasteiger partial charge in [0, 0.05) is 5.69 Å². The zero-order valence-electron chi connectivity index (χ0n) is 14.6. The summed E-state index contributed by atoms with van der Waals surface area (Å²) in [4.78, 5) is 24.3. The van der Waals surface area contributed by atoms with Crippen molar-refractivity contribution in [3.8, 4) is 0 Å². The van der Waals surface area contributed by atoms with Crippen molar-refractivity contribution in [3.63, 3.8) is 0 Å². The van der Waals surface area contributed by atoms with Gasteiger partial charge in [0.1, 0.15) is 5.70 Å². The molecule has 0 amide bonds. The van der Waals surface area contributed by atoms with Gasteiger partial charge in [-0.3, -0.25) is 0 Å². The predicted molar refractivity (Wildman–Crippen MR) is 98.9 cm³/mol. The number of halogens is 1. The molecule has 5 nitrogen and oxygen atoms in total. The summed E-state index contributed by atoms with van der Waals surface area (Å²) in [6, 6.07) is 12.8. The van der Waals surface area contributed by atoms with E-state index < -0.39 is 18.2 Å². The lowest BCUT2D eigenvalue weighted by atomic mass is 10.1. The van der Waals surface area contributed by atoms with E-state index in [1.807, 2.05) is 38.1 Å². The highest BCUT2D eigenvalue weighted by Gasteiger charge is 2.37. The molecule has 0 unspecified atom stereocenters. The molecular formula is C20H18ClNO4. The van der Waals surface area contributed by atoms with Gasteiger partial charge >= 0.3 is 11.9 Å². The Morgan fingerprint density at radius 3 is 2.54 bits per heavy atom. The maximum Gasteiger partial charge on any atom is 0.355 e. The molecule has 26 heavy (non-hydrogen) atoms. The van der Waals surface area contributed by atoms with Crippen LogP contribution in [0.3, 0.4) is 0 Å². The molecule has 0 bridgehead atoms. The average Bonchev–Trinajstić information content (AvgIpc) is 2.85. The molecule has 0 radical (unpaired) electrons. The van der Waals surface area contributed by atoms with Crippen molar-refractivity contribution >= 4 is 29.2 Å². The number of aryl methyl sites for hydroxylation is 3. The van der Waals surface area contributed by atoms with E-state index in [1.165, 1.54) is 0 Å². The summed E-state index contributed by atoms with van der Waals surface area (Å²) in [7, 11) is 0. The van der Waals surface area contributed by atoms with Gasteiger partial charge in [0.15, 0.2) is 5.03 Å². The van der Waals surface area contributed by atoms with Crippen molar-refractivity contribution < 1.29 is 19.1 Å². The molecule has 6 heteroatoms. The summed E-state index contributed by atoms with van der Waals surface area (Å²) >= 11 is 6.07. The number of nitrogens with one attached hydrogen (secondary N) is 1. The maximum atomic E-state index is 12.4. The Balaban J connectivity index is 1.84. The van der Waals surface area contributed by atoms with Crippen LogP contribution in [0.15, 0.2) is 53.2 Å². The normalized spacial score (nSPS) is 16.5. The van der Waals surface area contributed by atoms with Crippen LogP contribution in [-0.4, -0.2) is 18.2 Å². The van der Waals surface area contributed by atoms with Crippen LogP contribution in [0.2, 0.25) is 0 Å². The Morgan fingerprint density at radius 1 is 1.12 bits per heavy atom. The minimum absolute atomic E-state index is 0.132. The molecule has 0 saturated carbocycles. The predicted octanol–water partition coefficient (Wildman–Crippen LogP) is 4.21. The first-order valence-electron chi connectivity index (χ1n) is 8.08. The van der Waals surface area contributed by atoms with Crippen LogP contribution in [0.1, 0.15) is 27.0 Å². The minimum atomic E-state index is -1.22. The third-order valence-corrected chi connectivity index (χ3v) is 4.45. The van der Waals surface area contributed by atoms with E-state index in [0.717, 1.165) is 22.4 Å². The zero-order valence-corrected chi connectivity index (χ0v) is 15.4. The summed E-state index contributed by atoms with van der Waals surface area (Å²) < 4.78 is 10.5. The summed E-state index contributed by atoms with van der Waals surface area (Å²) in [5.41, 5.74) is 4.20. The van der Waals surface area contributed by atoms with Crippen LogP contribution < -0.4 is 5.32 Å². The first kappa shape index (κ1) is 18.0. The summed E-state index contributed by atoms with van der Waals surface area (Å²) in [5, 5.41) is 2.93. The standard InChI is InChI=1S/C20H18ClNO4/c1-11-8-9-15(13(3)10-11)22-17-16(21)19(24)26-20(17)25-18(23)14-7-5-4-6-12(14)2/h4-10,20,22H,1-3H3/t20-/m1/s1. The van der Waals surface area contributed by atoms with Crippen molar-refractivity contribution in [2.24, 2.45) is 0 Å². The molecule has 2 aromatic carbocycles. The number of carbonyl (C=O) groups is 2. The highest BCUT2D eigenvalue weighted by atomic mass is 35.5. The lowest BCUT2D eigenvalue weighted by Gasteiger charge is -2.18. The number of esters is 2. The molecule has 0 fully saturated rings. The van der Waals surface area contributed by atoms with Gasteiger partial charge in [0.05, 0.1) is 5.56 Å². The van der Waals surface area contributed by atoms with Crippen molar-refractivity contribution in [1.82, 2.24) is 0 Å².